The van der Waals surface area contributed by atoms with Crippen LogP contribution in [0.2, 0.25) is 0 Å². The molecule has 0 aliphatic carbocycles. The molecular weight excluding hydrogens is 806 g/mol. The van der Waals surface area contributed by atoms with Crippen molar-refractivity contribution in [3.05, 3.63) is 101 Å². The van der Waals surface area contributed by atoms with Crippen molar-refractivity contribution in [2.45, 2.75) is 26.2 Å². The van der Waals surface area contributed by atoms with E-state index in [1.165, 1.54) is 0 Å². The van der Waals surface area contributed by atoms with E-state index < -0.39 is 90.8 Å². The molecule has 0 amide bonds. The van der Waals surface area contributed by atoms with Gasteiger partial charge in [-0.3, -0.25) is 29.8 Å². The summed E-state index contributed by atoms with van der Waals surface area (Å²) >= 11 is 6.02. The van der Waals surface area contributed by atoms with Crippen LogP contribution in [-0.2, 0) is 21.9 Å². The van der Waals surface area contributed by atoms with Crippen LogP contribution in [-0.4, -0.2) is 21.8 Å². The first kappa shape index (κ1) is 36.8. The molecule has 4 rings (SSSR count). The summed E-state index contributed by atoms with van der Waals surface area (Å²) in [5.41, 5.74) is -5.23. The summed E-state index contributed by atoms with van der Waals surface area (Å²) in [6.07, 6.45) is -9.62. The molecule has 4 aromatic rings. The van der Waals surface area contributed by atoms with Crippen molar-refractivity contribution in [3.63, 3.8) is 0 Å². The fraction of sp³-hybridized carbons (Fsp3) is 0.133. The van der Waals surface area contributed by atoms with Crippen molar-refractivity contribution in [2.24, 2.45) is 0 Å². The summed E-state index contributed by atoms with van der Waals surface area (Å²) in [4.78, 5) is 46.2. The first-order chi connectivity index (χ1) is 22.7. The number of rotatable bonds is 8. The number of nitro benzene ring substituents is 2. The Kier molecular flexibility index (Phi) is 10.4. The summed E-state index contributed by atoms with van der Waals surface area (Å²) in [5, 5.41) is 23.9. The first-order valence-electron chi connectivity index (χ1n) is 13.1. The SMILES string of the molecule is CC(=O)Oc1c([N+](=O)[O-])ccc(Oc2ccc([N+](=O)[O-])c(OC(C)=O)c2-c2ccc(C(F)(F)F)cc2Br)c1-c1ccc(C(F)(F)F)cc1Br. The summed E-state index contributed by atoms with van der Waals surface area (Å²) in [5.74, 6) is -4.59. The number of hydrogen-bond donors (Lipinski definition) is 0. The first-order valence-corrected chi connectivity index (χ1v) is 14.7. The molecular formula is C30H16Br2F6N2O9. The van der Waals surface area contributed by atoms with Gasteiger partial charge in [-0.05, 0) is 36.4 Å². The van der Waals surface area contributed by atoms with Crippen LogP contribution in [0.15, 0.2) is 69.6 Å². The number of halogens is 8. The summed E-state index contributed by atoms with van der Waals surface area (Å²) in [6.45, 7) is 1.79. The smallest absolute Gasteiger partial charge is 0.416 e. The zero-order valence-corrected chi connectivity index (χ0v) is 27.5. The molecule has 49 heavy (non-hydrogen) atoms. The fourth-order valence-corrected chi connectivity index (χ4v) is 5.63. The second kappa shape index (κ2) is 13.8. The van der Waals surface area contributed by atoms with Gasteiger partial charge in [0.25, 0.3) is 0 Å². The number of ether oxygens (including phenoxy) is 3. The normalized spacial score (nSPS) is 11.6. The van der Waals surface area contributed by atoms with Crippen molar-refractivity contribution < 1.29 is 60.0 Å². The Morgan fingerprint density at radius 1 is 0.633 bits per heavy atom. The predicted octanol–water partition coefficient (Wildman–Crippen LogP) is 10.0. The number of alkyl halides is 6. The van der Waals surface area contributed by atoms with E-state index in [9.17, 15) is 56.2 Å². The second-order valence-corrected chi connectivity index (χ2v) is 11.5. The van der Waals surface area contributed by atoms with E-state index in [0.29, 0.717) is 24.3 Å². The molecule has 0 N–H and O–H groups in total. The van der Waals surface area contributed by atoms with Gasteiger partial charge in [-0.1, -0.05) is 44.0 Å². The van der Waals surface area contributed by atoms with Gasteiger partial charge >= 0.3 is 35.7 Å². The lowest BCUT2D eigenvalue weighted by Gasteiger charge is -2.20. The highest BCUT2D eigenvalue weighted by Crippen LogP contribution is 2.53. The minimum Gasteiger partial charge on any atom is -0.456 e. The lowest BCUT2D eigenvalue weighted by atomic mass is 9.99. The van der Waals surface area contributed by atoms with Crippen LogP contribution >= 0.6 is 31.9 Å². The van der Waals surface area contributed by atoms with Gasteiger partial charge in [0.2, 0.25) is 11.5 Å². The van der Waals surface area contributed by atoms with E-state index >= 15 is 0 Å². The molecule has 19 heteroatoms. The maximum atomic E-state index is 13.5. The van der Waals surface area contributed by atoms with Crippen LogP contribution in [0.4, 0.5) is 37.7 Å². The third-order valence-corrected chi connectivity index (χ3v) is 7.75. The number of esters is 2. The van der Waals surface area contributed by atoms with Crippen LogP contribution < -0.4 is 14.2 Å². The number of nitrogens with zero attached hydrogens (tertiary/aromatic N) is 2. The van der Waals surface area contributed by atoms with Gasteiger partial charge < -0.3 is 14.2 Å². The topological polar surface area (TPSA) is 148 Å². The largest absolute Gasteiger partial charge is 0.456 e. The molecule has 4 aromatic carbocycles. The van der Waals surface area contributed by atoms with Gasteiger partial charge in [-0.25, -0.2) is 0 Å². The fourth-order valence-electron chi connectivity index (χ4n) is 4.48. The van der Waals surface area contributed by atoms with Gasteiger partial charge in [-0.2, -0.15) is 26.3 Å². The standard InChI is InChI=1S/C30H16Br2F6N2O9/c1-13(41)47-27-21(39(43)44)7-9-23(25(27)17-5-3-15(11-19(17)31)29(33,34)35)49-24-10-8-22(40(45)46)28(48-14(2)42)26(24)18-6-4-16(12-20(18)32)30(36,37)38/h3-12H,1-2H3. The Morgan fingerprint density at radius 2 is 0.980 bits per heavy atom. The van der Waals surface area contributed by atoms with Crippen molar-refractivity contribution in [3.8, 4) is 45.3 Å². The maximum Gasteiger partial charge on any atom is 0.416 e. The number of nitro groups is 2. The van der Waals surface area contributed by atoms with Gasteiger partial charge in [0.15, 0.2) is 0 Å². The number of carbonyl (C=O) groups is 2. The lowest BCUT2D eigenvalue weighted by Crippen LogP contribution is -2.09. The summed E-state index contributed by atoms with van der Waals surface area (Å²) < 4.78 is 96.7. The molecule has 0 saturated carbocycles. The molecule has 0 atom stereocenters. The Morgan fingerprint density at radius 3 is 1.24 bits per heavy atom. The van der Waals surface area contributed by atoms with Gasteiger partial charge in [-0.15, -0.1) is 0 Å². The zero-order valence-electron chi connectivity index (χ0n) is 24.4. The number of hydrogen-bond acceptors (Lipinski definition) is 9. The lowest BCUT2D eigenvalue weighted by molar-refractivity contribution is -0.385. The highest BCUT2D eigenvalue weighted by atomic mass is 79.9. The Labute approximate surface area is 286 Å². The van der Waals surface area contributed by atoms with Crippen molar-refractivity contribution in [1.29, 1.82) is 0 Å². The van der Waals surface area contributed by atoms with Gasteiger partial charge in [0.05, 0.1) is 32.1 Å². The number of benzene rings is 4. The second-order valence-electron chi connectivity index (χ2n) is 9.76. The molecule has 0 saturated heterocycles. The van der Waals surface area contributed by atoms with Crippen molar-refractivity contribution in [2.75, 3.05) is 0 Å². The Hall–Kier alpha value is -5.04. The van der Waals surface area contributed by atoms with Crippen molar-refractivity contribution in [1.82, 2.24) is 0 Å². The predicted molar refractivity (Wildman–Crippen MR) is 165 cm³/mol. The molecule has 11 nitrogen and oxygen atoms in total. The van der Waals surface area contributed by atoms with Gasteiger partial charge in [0, 0.05) is 46.1 Å². The minimum atomic E-state index is -4.81. The van der Waals surface area contributed by atoms with Crippen LogP contribution in [0.1, 0.15) is 25.0 Å². The van der Waals surface area contributed by atoms with Crippen LogP contribution in [0, 0.1) is 20.2 Å². The van der Waals surface area contributed by atoms with Crippen LogP contribution in [0.3, 0.4) is 0 Å². The van der Waals surface area contributed by atoms with E-state index in [4.69, 9.17) is 14.2 Å². The monoisotopic (exact) mass is 820 g/mol. The molecule has 0 bridgehead atoms. The van der Waals surface area contributed by atoms with E-state index in [1.807, 2.05) is 0 Å². The highest BCUT2D eigenvalue weighted by molar-refractivity contribution is 9.11. The Bertz CT molecular complexity index is 1890. The van der Waals surface area contributed by atoms with Gasteiger partial charge in [0.1, 0.15) is 11.5 Å². The highest BCUT2D eigenvalue weighted by Gasteiger charge is 2.35. The van der Waals surface area contributed by atoms with Crippen molar-refractivity contribution >= 4 is 55.2 Å². The number of carbonyl (C=O) groups excluding carboxylic acids is 2. The van der Waals surface area contributed by atoms with Crippen LogP contribution in [0.5, 0.6) is 23.0 Å². The van der Waals surface area contributed by atoms with E-state index in [-0.39, 0.29) is 20.1 Å². The minimum absolute atomic E-state index is 0.220. The molecule has 0 fully saturated rings. The average molecular weight is 822 g/mol. The molecule has 0 radical (unpaired) electrons. The Balaban J connectivity index is 2.11. The third kappa shape index (κ3) is 7.99. The molecule has 0 spiro atoms. The molecule has 0 aromatic heterocycles. The quantitative estimate of drug-likeness (QED) is 0.0557. The third-order valence-electron chi connectivity index (χ3n) is 6.43. The molecule has 0 unspecified atom stereocenters. The van der Waals surface area contributed by atoms with Crippen LogP contribution in [0.25, 0.3) is 22.3 Å². The molecule has 256 valence electrons. The molecule has 0 aliphatic heterocycles. The maximum absolute atomic E-state index is 13.5. The summed E-state index contributed by atoms with van der Waals surface area (Å²) in [6, 6.07) is 7.98. The van der Waals surface area contributed by atoms with E-state index in [0.717, 1.165) is 50.2 Å². The average Bonchev–Trinajstić information content (AvgIpc) is 2.96. The van der Waals surface area contributed by atoms with E-state index in [1.54, 1.807) is 0 Å². The molecule has 0 heterocycles. The summed E-state index contributed by atoms with van der Waals surface area (Å²) in [7, 11) is 0. The molecule has 0 aliphatic rings. The van der Waals surface area contributed by atoms with E-state index in [2.05, 4.69) is 31.9 Å². The zero-order chi connectivity index (χ0) is 36.6.